The second-order valence-corrected chi connectivity index (χ2v) is 8.48. The average molecular weight is 372 g/mol. The van der Waals surface area contributed by atoms with Gasteiger partial charge in [0, 0.05) is 25.4 Å². The quantitative estimate of drug-likeness (QED) is 0.883. The summed E-state index contributed by atoms with van der Waals surface area (Å²) in [6.07, 6.45) is 7.03. The van der Waals surface area contributed by atoms with Crippen LogP contribution in [0.4, 0.5) is 0 Å². The lowest BCUT2D eigenvalue weighted by atomic mass is 9.70. The van der Waals surface area contributed by atoms with E-state index in [1.165, 1.54) is 19.3 Å². The van der Waals surface area contributed by atoms with Gasteiger partial charge in [0.05, 0.1) is 29.3 Å². The average Bonchev–Trinajstić information content (AvgIpc) is 3.22. The zero-order valence-electron chi connectivity index (χ0n) is 16.0. The predicted octanol–water partition coefficient (Wildman–Crippen LogP) is 2.48. The van der Waals surface area contributed by atoms with E-state index in [-0.39, 0.29) is 29.9 Å². The Kier molecular flexibility index (Phi) is 4.36. The van der Waals surface area contributed by atoms with E-state index in [2.05, 4.69) is 10.2 Å². The highest BCUT2D eigenvalue weighted by molar-refractivity contribution is 6.10. The van der Waals surface area contributed by atoms with Crippen molar-refractivity contribution in [3.8, 4) is 0 Å². The van der Waals surface area contributed by atoms with Crippen LogP contribution < -0.4 is 5.32 Å². The largest absolute Gasteiger partial charge is 0.465 e. The molecule has 1 aromatic rings. The molecule has 1 aromatic heterocycles. The molecule has 0 spiro atoms. The van der Waals surface area contributed by atoms with Crippen molar-refractivity contribution in [1.29, 1.82) is 0 Å². The molecule has 0 radical (unpaired) electrons. The van der Waals surface area contributed by atoms with Crippen molar-refractivity contribution >= 4 is 11.7 Å². The number of Topliss-reactive ketones (excluding diaryl/α,β-unsaturated/α-hetero) is 1. The number of aryl methyl sites for hydroxylation is 2. The SMILES string of the molecule is Cc1oc2c(c1C(=O)N[C@H]1[C@H]3CCO[C@H]3[C@@H]1N1CCCCC1)C(=O)CCC2. The van der Waals surface area contributed by atoms with Crippen molar-refractivity contribution in [3.63, 3.8) is 0 Å². The predicted molar refractivity (Wildman–Crippen MR) is 99.0 cm³/mol. The summed E-state index contributed by atoms with van der Waals surface area (Å²) >= 11 is 0. The number of likely N-dealkylation sites (tertiary alicyclic amines) is 1. The van der Waals surface area contributed by atoms with Gasteiger partial charge in [-0.1, -0.05) is 6.42 Å². The molecule has 5 rings (SSSR count). The molecule has 3 fully saturated rings. The van der Waals surface area contributed by atoms with Crippen molar-refractivity contribution in [1.82, 2.24) is 10.2 Å². The van der Waals surface area contributed by atoms with Crippen LogP contribution in [0.3, 0.4) is 0 Å². The first-order chi connectivity index (χ1) is 13.1. The van der Waals surface area contributed by atoms with E-state index >= 15 is 0 Å². The number of amides is 1. The van der Waals surface area contributed by atoms with Gasteiger partial charge < -0.3 is 14.5 Å². The highest BCUT2D eigenvalue weighted by Gasteiger charge is 2.56. The van der Waals surface area contributed by atoms with Gasteiger partial charge in [-0.05, 0) is 45.7 Å². The second-order valence-electron chi connectivity index (χ2n) is 8.48. The Balaban J connectivity index is 1.39. The molecule has 27 heavy (non-hydrogen) atoms. The molecular weight excluding hydrogens is 344 g/mol. The first kappa shape index (κ1) is 17.4. The van der Waals surface area contributed by atoms with Crippen LogP contribution in [0, 0.1) is 12.8 Å². The van der Waals surface area contributed by atoms with Crippen LogP contribution in [0.1, 0.15) is 70.8 Å². The van der Waals surface area contributed by atoms with E-state index in [0.717, 1.165) is 39.0 Å². The maximum Gasteiger partial charge on any atom is 0.255 e. The summed E-state index contributed by atoms with van der Waals surface area (Å²) < 4.78 is 11.8. The Bertz CT molecular complexity index is 764. The summed E-state index contributed by atoms with van der Waals surface area (Å²) in [5.41, 5.74) is 0.999. The van der Waals surface area contributed by atoms with E-state index in [9.17, 15) is 9.59 Å². The molecule has 1 N–H and O–H groups in total. The molecule has 2 saturated heterocycles. The topological polar surface area (TPSA) is 71.8 Å². The first-order valence-electron chi connectivity index (χ1n) is 10.5. The molecule has 6 heteroatoms. The van der Waals surface area contributed by atoms with Crippen molar-refractivity contribution in [3.05, 3.63) is 22.6 Å². The third-order valence-electron chi connectivity index (χ3n) is 6.93. The Morgan fingerprint density at radius 1 is 1.15 bits per heavy atom. The minimum atomic E-state index is -0.148. The second kappa shape index (κ2) is 6.74. The number of carbonyl (C=O) groups excluding carboxylic acids is 2. The first-order valence-corrected chi connectivity index (χ1v) is 10.5. The standard InChI is InChI=1S/C21H28N2O4/c1-12-16(17-14(24)6-5-7-15(17)27-12)21(25)22-18-13-8-11-26-20(13)19(18)23-9-3-2-4-10-23/h13,18-20H,2-11H2,1H3,(H,22,25)/t13-,18+,19-,20-/m1/s1. The van der Waals surface area contributed by atoms with Crippen LogP contribution >= 0.6 is 0 Å². The molecule has 6 nitrogen and oxygen atoms in total. The number of piperidine rings is 1. The number of rotatable bonds is 3. The van der Waals surface area contributed by atoms with Crippen LogP contribution in [0.2, 0.25) is 0 Å². The van der Waals surface area contributed by atoms with Crippen molar-refractivity contribution < 1.29 is 18.7 Å². The highest BCUT2D eigenvalue weighted by atomic mass is 16.5. The minimum Gasteiger partial charge on any atom is -0.465 e. The van der Waals surface area contributed by atoms with E-state index < -0.39 is 0 Å². The third kappa shape index (κ3) is 2.76. The molecule has 1 saturated carbocycles. The van der Waals surface area contributed by atoms with Gasteiger partial charge in [0.15, 0.2) is 5.78 Å². The van der Waals surface area contributed by atoms with E-state index in [1.807, 2.05) is 0 Å². The zero-order chi connectivity index (χ0) is 18.5. The van der Waals surface area contributed by atoms with Gasteiger partial charge in [0.25, 0.3) is 5.91 Å². The lowest BCUT2D eigenvalue weighted by Crippen LogP contribution is -2.71. The number of fused-ring (bicyclic) bond motifs is 2. The van der Waals surface area contributed by atoms with Crippen LogP contribution in [-0.2, 0) is 11.2 Å². The summed E-state index contributed by atoms with van der Waals surface area (Å²) in [5.74, 6) is 1.55. The van der Waals surface area contributed by atoms with Crippen LogP contribution in [0.25, 0.3) is 0 Å². The van der Waals surface area contributed by atoms with Gasteiger partial charge in [0.1, 0.15) is 11.5 Å². The van der Waals surface area contributed by atoms with Crippen molar-refractivity contribution in [2.75, 3.05) is 19.7 Å². The number of nitrogens with one attached hydrogen (secondary N) is 1. The Morgan fingerprint density at radius 2 is 1.96 bits per heavy atom. The number of hydrogen-bond donors (Lipinski definition) is 1. The highest BCUT2D eigenvalue weighted by Crippen LogP contribution is 2.43. The number of carbonyl (C=O) groups is 2. The lowest BCUT2D eigenvalue weighted by Gasteiger charge is -2.53. The van der Waals surface area contributed by atoms with Crippen LogP contribution in [0.5, 0.6) is 0 Å². The van der Waals surface area contributed by atoms with Crippen molar-refractivity contribution in [2.24, 2.45) is 5.92 Å². The smallest absolute Gasteiger partial charge is 0.255 e. The fourth-order valence-electron chi connectivity index (χ4n) is 5.62. The molecular formula is C21H28N2O4. The summed E-state index contributed by atoms with van der Waals surface area (Å²) in [7, 11) is 0. The number of ketones is 1. The summed E-state index contributed by atoms with van der Waals surface area (Å²) in [6, 6.07) is 0.368. The fourth-order valence-corrected chi connectivity index (χ4v) is 5.62. The van der Waals surface area contributed by atoms with Crippen molar-refractivity contribution in [2.45, 2.75) is 70.1 Å². The monoisotopic (exact) mass is 372 g/mol. The third-order valence-corrected chi connectivity index (χ3v) is 6.93. The van der Waals surface area contributed by atoms with E-state index in [1.54, 1.807) is 6.92 Å². The van der Waals surface area contributed by atoms with E-state index in [0.29, 0.717) is 35.0 Å². The molecule has 0 aromatic carbocycles. The molecule has 4 atom stereocenters. The summed E-state index contributed by atoms with van der Waals surface area (Å²) in [6.45, 7) is 4.75. The molecule has 4 aliphatic rings. The number of nitrogens with zero attached hydrogens (tertiary/aromatic N) is 1. The van der Waals surface area contributed by atoms with Gasteiger partial charge in [0.2, 0.25) is 0 Å². The van der Waals surface area contributed by atoms with Gasteiger partial charge in [-0.2, -0.15) is 0 Å². The van der Waals surface area contributed by atoms with Crippen LogP contribution in [0.15, 0.2) is 4.42 Å². The minimum absolute atomic E-state index is 0.0431. The number of hydrogen-bond acceptors (Lipinski definition) is 5. The van der Waals surface area contributed by atoms with Crippen LogP contribution in [-0.4, -0.2) is 54.5 Å². The normalized spacial score (nSPS) is 33.3. The molecule has 2 aliphatic carbocycles. The number of furan rings is 1. The zero-order valence-corrected chi connectivity index (χ0v) is 16.0. The Hall–Kier alpha value is -1.66. The van der Waals surface area contributed by atoms with Gasteiger partial charge >= 0.3 is 0 Å². The van der Waals surface area contributed by atoms with Gasteiger partial charge in [-0.3, -0.25) is 14.5 Å². The molecule has 0 unspecified atom stereocenters. The Labute approximate surface area is 159 Å². The number of ether oxygens (including phenoxy) is 1. The summed E-state index contributed by atoms with van der Waals surface area (Å²) in [5, 5.41) is 3.28. The van der Waals surface area contributed by atoms with Gasteiger partial charge in [-0.25, -0.2) is 0 Å². The Morgan fingerprint density at radius 3 is 2.78 bits per heavy atom. The van der Waals surface area contributed by atoms with Gasteiger partial charge in [-0.15, -0.1) is 0 Å². The molecule has 2 aliphatic heterocycles. The fraction of sp³-hybridized carbons (Fsp3) is 0.714. The molecule has 1 amide bonds. The lowest BCUT2D eigenvalue weighted by molar-refractivity contribution is -0.0862. The maximum atomic E-state index is 13.2. The molecule has 146 valence electrons. The summed E-state index contributed by atoms with van der Waals surface area (Å²) in [4.78, 5) is 28.1. The van der Waals surface area contributed by atoms with E-state index in [4.69, 9.17) is 9.15 Å². The molecule has 3 heterocycles. The molecule has 0 bridgehead atoms. The maximum absolute atomic E-state index is 13.2.